The number of nitro benzene ring substituents is 1. The van der Waals surface area contributed by atoms with Gasteiger partial charge in [0.15, 0.2) is 0 Å². The molecule has 0 saturated heterocycles. The summed E-state index contributed by atoms with van der Waals surface area (Å²) in [5.74, 6) is -1.14. The number of hydrogen-bond donors (Lipinski definition) is 2. The highest BCUT2D eigenvalue weighted by atomic mass is 35.5. The summed E-state index contributed by atoms with van der Waals surface area (Å²) in [6.07, 6.45) is 0. The predicted molar refractivity (Wildman–Crippen MR) is 94.8 cm³/mol. The highest BCUT2D eigenvalue weighted by molar-refractivity contribution is 6.30. The molecule has 1 unspecified atom stereocenters. The fraction of sp³-hybridized carbons (Fsp3) is 0.176. The third kappa shape index (κ3) is 4.54. The number of carbonyl (C=O) groups is 2. The zero-order valence-corrected chi connectivity index (χ0v) is 14.3. The second kappa shape index (κ2) is 7.76. The minimum absolute atomic E-state index is 0.0869. The summed E-state index contributed by atoms with van der Waals surface area (Å²) in [6.45, 7) is 3.04. The van der Waals surface area contributed by atoms with Crippen molar-refractivity contribution in [2.24, 2.45) is 0 Å². The van der Waals surface area contributed by atoms with Crippen LogP contribution in [0.25, 0.3) is 0 Å². The average Bonchev–Trinajstić information content (AvgIpc) is 2.56. The number of anilines is 1. The number of aryl methyl sites for hydroxylation is 1. The van der Waals surface area contributed by atoms with Crippen LogP contribution in [-0.4, -0.2) is 22.8 Å². The Kier molecular flexibility index (Phi) is 5.71. The molecule has 2 aromatic rings. The number of nitro groups is 1. The lowest BCUT2D eigenvalue weighted by Crippen LogP contribution is -2.41. The van der Waals surface area contributed by atoms with Gasteiger partial charge in [0, 0.05) is 16.3 Å². The van der Waals surface area contributed by atoms with E-state index in [0.29, 0.717) is 16.3 Å². The van der Waals surface area contributed by atoms with Gasteiger partial charge in [-0.25, -0.2) is 0 Å². The number of benzene rings is 2. The molecule has 0 aromatic heterocycles. The second-order valence-corrected chi connectivity index (χ2v) is 5.86. The van der Waals surface area contributed by atoms with E-state index in [1.54, 1.807) is 43.3 Å². The van der Waals surface area contributed by atoms with Crippen molar-refractivity contribution in [3.8, 4) is 0 Å². The second-order valence-electron chi connectivity index (χ2n) is 5.42. The number of amides is 2. The normalized spacial score (nSPS) is 11.5. The summed E-state index contributed by atoms with van der Waals surface area (Å²) in [5.41, 5.74) is 0.536. The van der Waals surface area contributed by atoms with Crippen molar-refractivity contribution < 1.29 is 14.5 Å². The Bertz CT molecular complexity index is 821. The quantitative estimate of drug-likeness (QED) is 0.630. The Hall–Kier alpha value is -2.93. The predicted octanol–water partition coefficient (Wildman–Crippen LogP) is 3.31. The zero-order valence-electron chi connectivity index (χ0n) is 13.6. The molecular weight excluding hydrogens is 346 g/mol. The van der Waals surface area contributed by atoms with Crippen LogP contribution in [0.15, 0.2) is 42.5 Å². The Labute approximate surface area is 149 Å². The fourth-order valence-electron chi connectivity index (χ4n) is 2.21. The van der Waals surface area contributed by atoms with E-state index in [4.69, 9.17) is 11.6 Å². The van der Waals surface area contributed by atoms with Crippen LogP contribution in [0.2, 0.25) is 5.02 Å². The van der Waals surface area contributed by atoms with E-state index in [1.165, 1.54) is 13.0 Å². The number of carbonyl (C=O) groups excluding carboxylic acids is 2. The van der Waals surface area contributed by atoms with Crippen LogP contribution in [-0.2, 0) is 4.79 Å². The molecule has 0 fully saturated rings. The van der Waals surface area contributed by atoms with Gasteiger partial charge in [-0.3, -0.25) is 19.7 Å². The summed E-state index contributed by atoms with van der Waals surface area (Å²) in [6, 6.07) is 10.1. The van der Waals surface area contributed by atoms with Gasteiger partial charge in [-0.1, -0.05) is 23.7 Å². The first-order valence-corrected chi connectivity index (χ1v) is 7.78. The van der Waals surface area contributed by atoms with Crippen molar-refractivity contribution in [3.63, 3.8) is 0 Å². The lowest BCUT2D eigenvalue weighted by molar-refractivity contribution is -0.385. The van der Waals surface area contributed by atoms with E-state index >= 15 is 0 Å². The summed E-state index contributed by atoms with van der Waals surface area (Å²) >= 11 is 5.78. The van der Waals surface area contributed by atoms with Gasteiger partial charge in [-0.2, -0.15) is 0 Å². The monoisotopic (exact) mass is 361 g/mol. The van der Waals surface area contributed by atoms with Gasteiger partial charge >= 0.3 is 0 Å². The molecule has 0 spiro atoms. The number of rotatable bonds is 5. The number of hydrogen-bond acceptors (Lipinski definition) is 4. The van der Waals surface area contributed by atoms with Gasteiger partial charge in [0.1, 0.15) is 11.6 Å². The van der Waals surface area contributed by atoms with E-state index in [1.807, 2.05) is 0 Å². The van der Waals surface area contributed by atoms with Gasteiger partial charge in [0.25, 0.3) is 11.6 Å². The maximum absolute atomic E-state index is 12.3. The zero-order chi connectivity index (χ0) is 18.6. The van der Waals surface area contributed by atoms with E-state index in [9.17, 15) is 19.7 Å². The van der Waals surface area contributed by atoms with Crippen LogP contribution in [0.3, 0.4) is 0 Å². The first-order valence-electron chi connectivity index (χ1n) is 7.41. The van der Waals surface area contributed by atoms with Crippen molar-refractivity contribution in [3.05, 3.63) is 68.7 Å². The van der Waals surface area contributed by atoms with Crippen LogP contribution in [0.5, 0.6) is 0 Å². The van der Waals surface area contributed by atoms with E-state index in [2.05, 4.69) is 10.6 Å². The molecular formula is C17H16ClN3O4. The van der Waals surface area contributed by atoms with Crippen molar-refractivity contribution in [2.75, 3.05) is 5.32 Å². The van der Waals surface area contributed by atoms with Crippen LogP contribution < -0.4 is 10.6 Å². The van der Waals surface area contributed by atoms with Gasteiger partial charge in [-0.15, -0.1) is 0 Å². The van der Waals surface area contributed by atoms with Gasteiger partial charge in [0.2, 0.25) is 5.91 Å². The number of para-hydroxylation sites is 1. The molecule has 0 aliphatic heterocycles. The molecule has 0 bridgehead atoms. The van der Waals surface area contributed by atoms with E-state index in [0.717, 1.165) is 0 Å². The standard InChI is InChI=1S/C17H16ClN3O4/c1-10-4-3-5-14(15(10)21(24)25)17(23)19-11(2)16(22)20-13-8-6-12(18)7-9-13/h3-9,11H,1-2H3,(H,19,23)(H,20,22). The summed E-state index contributed by atoms with van der Waals surface area (Å²) in [7, 11) is 0. The number of nitrogens with zero attached hydrogens (tertiary/aromatic N) is 1. The molecule has 0 aliphatic carbocycles. The molecule has 25 heavy (non-hydrogen) atoms. The molecule has 0 heterocycles. The molecule has 0 radical (unpaired) electrons. The van der Waals surface area contributed by atoms with Crippen LogP contribution in [0.1, 0.15) is 22.8 Å². The SMILES string of the molecule is Cc1cccc(C(=O)NC(C)C(=O)Nc2ccc(Cl)cc2)c1[N+](=O)[O-]. The van der Waals surface area contributed by atoms with Crippen molar-refractivity contribution in [1.29, 1.82) is 0 Å². The lowest BCUT2D eigenvalue weighted by atomic mass is 10.1. The molecule has 130 valence electrons. The lowest BCUT2D eigenvalue weighted by Gasteiger charge is -2.14. The molecule has 8 heteroatoms. The topological polar surface area (TPSA) is 101 Å². The smallest absolute Gasteiger partial charge is 0.285 e. The molecule has 2 N–H and O–H groups in total. The number of halogens is 1. The first kappa shape index (κ1) is 18.4. The summed E-state index contributed by atoms with van der Waals surface area (Å²) in [4.78, 5) is 35.0. The van der Waals surface area contributed by atoms with Gasteiger partial charge < -0.3 is 10.6 Å². The molecule has 0 aliphatic rings. The maximum Gasteiger partial charge on any atom is 0.285 e. The highest BCUT2D eigenvalue weighted by Gasteiger charge is 2.25. The molecule has 2 amide bonds. The van der Waals surface area contributed by atoms with Crippen molar-refractivity contribution >= 4 is 34.8 Å². The van der Waals surface area contributed by atoms with E-state index < -0.39 is 22.8 Å². The van der Waals surface area contributed by atoms with Crippen LogP contribution in [0, 0.1) is 17.0 Å². The third-order valence-electron chi connectivity index (χ3n) is 3.52. The average molecular weight is 362 g/mol. The summed E-state index contributed by atoms with van der Waals surface area (Å²) in [5, 5.41) is 16.8. The Morgan fingerprint density at radius 1 is 1.16 bits per heavy atom. The third-order valence-corrected chi connectivity index (χ3v) is 3.77. The first-order chi connectivity index (χ1) is 11.8. The molecule has 0 saturated carbocycles. The maximum atomic E-state index is 12.3. The Morgan fingerprint density at radius 3 is 2.40 bits per heavy atom. The van der Waals surface area contributed by atoms with Crippen molar-refractivity contribution in [2.45, 2.75) is 19.9 Å². The van der Waals surface area contributed by atoms with Crippen LogP contribution >= 0.6 is 11.6 Å². The van der Waals surface area contributed by atoms with Gasteiger partial charge in [-0.05, 0) is 44.2 Å². The Balaban J connectivity index is 2.10. The van der Waals surface area contributed by atoms with E-state index in [-0.39, 0.29) is 11.3 Å². The largest absolute Gasteiger partial charge is 0.340 e. The molecule has 2 aromatic carbocycles. The summed E-state index contributed by atoms with van der Waals surface area (Å²) < 4.78 is 0. The van der Waals surface area contributed by atoms with Crippen molar-refractivity contribution in [1.82, 2.24) is 5.32 Å². The minimum Gasteiger partial charge on any atom is -0.340 e. The molecule has 2 rings (SSSR count). The van der Waals surface area contributed by atoms with Crippen LogP contribution in [0.4, 0.5) is 11.4 Å². The van der Waals surface area contributed by atoms with Gasteiger partial charge in [0.05, 0.1) is 4.92 Å². The fourth-order valence-corrected chi connectivity index (χ4v) is 2.33. The number of nitrogens with one attached hydrogen (secondary N) is 2. The Morgan fingerprint density at radius 2 is 1.80 bits per heavy atom. The molecule has 7 nitrogen and oxygen atoms in total. The highest BCUT2D eigenvalue weighted by Crippen LogP contribution is 2.23. The molecule has 1 atom stereocenters. The minimum atomic E-state index is -0.886.